The van der Waals surface area contributed by atoms with E-state index in [0.29, 0.717) is 15.8 Å². The standard InChI is InChI=1S/C19H21BrN4O5/c1-3-8-29-17-16(20)12-21-19(23-17)22-14-9-13(18(27)28-2)10-15(11-14)24(4-6-25)5-7-26/h1,9-12,25-26H,4-8H2,2H3,(H,21,22,23). The van der Waals surface area contributed by atoms with Gasteiger partial charge in [0.1, 0.15) is 0 Å². The molecule has 2 rings (SSSR count). The van der Waals surface area contributed by atoms with Gasteiger partial charge in [-0.15, -0.1) is 6.42 Å². The molecule has 1 heterocycles. The van der Waals surface area contributed by atoms with E-state index < -0.39 is 5.97 Å². The van der Waals surface area contributed by atoms with Crippen LogP contribution in [0, 0.1) is 12.3 Å². The molecule has 0 radical (unpaired) electrons. The van der Waals surface area contributed by atoms with Crippen LogP contribution in [0.2, 0.25) is 0 Å². The summed E-state index contributed by atoms with van der Waals surface area (Å²) < 4.78 is 10.7. The molecule has 0 fully saturated rings. The van der Waals surface area contributed by atoms with Crippen LogP contribution in [0.5, 0.6) is 5.88 Å². The van der Waals surface area contributed by atoms with Crippen LogP contribution in [0.15, 0.2) is 28.9 Å². The monoisotopic (exact) mass is 464 g/mol. The van der Waals surface area contributed by atoms with E-state index in [0.717, 1.165) is 0 Å². The first-order valence-electron chi connectivity index (χ1n) is 8.58. The molecule has 0 spiro atoms. The second kappa shape index (κ2) is 11.2. The van der Waals surface area contributed by atoms with Crippen LogP contribution >= 0.6 is 15.9 Å². The average Bonchev–Trinajstić information content (AvgIpc) is 2.73. The topological polar surface area (TPSA) is 117 Å². The lowest BCUT2D eigenvalue weighted by atomic mass is 10.1. The molecule has 1 aromatic heterocycles. The number of nitrogens with one attached hydrogen (secondary N) is 1. The van der Waals surface area contributed by atoms with Crippen molar-refractivity contribution in [2.45, 2.75) is 0 Å². The van der Waals surface area contributed by atoms with Crippen LogP contribution in [0.25, 0.3) is 0 Å². The lowest BCUT2D eigenvalue weighted by Crippen LogP contribution is -2.29. The molecular formula is C19H21BrN4O5. The Kier molecular flexibility index (Phi) is 8.67. The second-order valence-electron chi connectivity index (χ2n) is 5.66. The van der Waals surface area contributed by atoms with Crippen molar-refractivity contribution < 1.29 is 24.5 Å². The Morgan fingerprint density at radius 3 is 2.66 bits per heavy atom. The number of benzene rings is 1. The summed E-state index contributed by atoms with van der Waals surface area (Å²) in [4.78, 5) is 22.2. The molecule has 154 valence electrons. The van der Waals surface area contributed by atoms with Crippen molar-refractivity contribution >= 4 is 39.2 Å². The zero-order valence-corrected chi connectivity index (χ0v) is 17.3. The fourth-order valence-corrected chi connectivity index (χ4v) is 2.77. The maximum absolute atomic E-state index is 12.1. The number of rotatable bonds is 10. The SMILES string of the molecule is C#CCOc1nc(Nc2cc(C(=O)OC)cc(N(CCO)CCO)c2)ncc1Br. The quantitative estimate of drug-likeness (QED) is 0.355. The van der Waals surface area contributed by atoms with Gasteiger partial charge in [-0.05, 0) is 34.1 Å². The third-order valence-corrected chi connectivity index (χ3v) is 4.25. The molecule has 0 amide bonds. The lowest BCUT2D eigenvalue weighted by molar-refractivity contribution is 0.0601. The first kappa shape index (κ1) is 22.4. The van der Waals surface area contributed by atoms with Gasteiger partial charge in [-0.2, -0.15) is 4.98 Å². The van der Waals surface area contributed by atoms with E-state index in [4.69, 9.17) is 15.9 Å². The number of aliphatic hydroxyl groups excluding tert-OH is 2. The number of carbonyl (C=O) groups is 1. The summed E-state index contributed by atoms with van der Waals surface area (Å²) in [6.07, 6.45) is 6.72. The van der Waals surface area contributed by atoms with Gasteiger partial charge in [-0.3, -0.25) is 0 Å². The van der Waals surface area contributed by atoms with Crippen LogP contribution < -0.4 is 15.0 Å². The van der Waals surface area contributed by atoms with E-state index >= 15 is 0 Å². The molecule has 3 N–H and O–H groups in total. The number of aromatic nitrogens is 2. The van der Waals surface area contributed by atoms with Gasteiger partial charge < -0.3 is 29.9 Å². The molecule has 0 aliphatic heterocycles. The fraction of sp³-hybridized carbons (Fsp3) is 0.316. The van der Waals surface area contributed by atoms with Crippen molar-refractivity contribution in [3.63, 3.8) is 0 Å². The van der Waals surface area contributed by atoms with Gasteiger partial charge in [-0.1, -0.05) is 5.92 Å². The smallest absolute Gasteiger partial charge is 0.337 e. The normalized spacial score (nSPS) is 10.2. The highest BCUT2D eigenvalue weighted by atomic mass is 79.9. The Morgan fingerprint density at radius 2 is 2.03 bits per heavy atom. The third kappa shape index (κ3) is 6.32. The number of nitrogens with zero attached hydrogens (tertiary/aromatic N) is 3. The van der Waals surface area contributed by atoms with Gasteiger partial charge >= 0.3 is 5.97 Å². The second-order valence-corrected chi connectivity index (χ2v) is 6.51. The maximum atomic E-state index is 12.1. The largest absolute Gasteiger partial charge is 0.465 e. The van der Waals surface area contributed by atoms with Crippen LogP contribution in [0.4, 0.5) is 17.3 Å². The molecule has 9 nitrogen and oxygen atoms in total. The average molecular weight is 465 g/mol. The molecular weight excluding hydrogens is 444 g/mol. The number of anilines is 3. The molecule has 0 aliphatic carbocycles. The van der Waals surface area contributed by atoms with Crippen LogP contribution in [-0.2, 0) is 4.74 Å². The first-order chi connectivity index (χ1) is 14.0. The summed E-state index contributed by atoms with van der Waals surface area (Å²) in [6.45, 7) is 0.384. The molecule has 0 atom stereocenters. The molecule has 0 bridgehead atoms. The van der Waals surface area contributed by atoms with E-state index in [1.807, 2.05) is 0 Å². The number of carbonyl (C=O) groups excluding carboxylic acids is 1. The van der Waals surface area contributed by atoms with Crippen molar-refractivity contribution in [3.05, 3.63) is 34.4 Å². The number of terminal acetylenes is 1. The van der Waals surface area contributed by atoms with E-state index in [1.54, 1.807) is 23.1 Å². The van der Waals surface area contributed by atoms with E-state index in [1.165, 1.54) is 13.3 Å². The molecule has 29 heavy (non-hydrogen) atoms. The van der Waals surface area contributed by atoms with Crippen molar-refractivity contribution in [2.75, 3.05) is 50.2 Å². The summed E-state index contributed by atoms with van der Waals surface area (Å²) in [5.41, 5.74) is 1.41. The lowest BCUT2D eigenvalue weighted by Gasteiger charge is -2.24. The fourth-order valence-electron chi connectivity index (χ4n) is 2.47. The van der Waals surface area contributed by atoms with E-state index in [-0.39, 0.29) is 50.3 Å². The maximum Gasteiger partial charge on any atom is 0.337 e. The Labute approximate surface area is 176 Å². The minimum atomic E-state index is -0.530. The Balaban J connectivity index is 2.39. The number of hydrogen-bond donors (Lipinski definition) is 3. The van der Waals surface area contributed by atoms with E-state index in [2.05, 4.69) is 37.1 Å². The minimum absolute atomic E-state index is 0.0499. The van der Waals surface area contributed by atoms with Gasteiger partial charge in [-0.25, -0.2) is 9.78 Å². The first-order valence-corrected chi connectivity index (χ1v) is 9.37. The minimum Gasteiger partial charge on any atom is -0.465 e. The predicted molar refractivity (Wildman–Crippen MR) is 112 cm³/mol. The predicted octanol–water partition coefficient (Wildman–Crippen LogP) is 1.57. The number of hydrogen-bond acceptors (Lipinski definition) is 9. The number of aliphatic hydroxyl groups is 2. The van der Waals surface area contributed by atoms with Crippen molar-refractivity contribution in [1.29, 1.82) is 0 Å². The highest BCUT2D eigenvalue weighted by molar-refractivity contribution is 9.10. The Morgan fingerprint density at radius 1 is 1.31 bits per heavy atom. The Hall–Kier alpha value is -2.87. The molecule has 10 heteroatoms. The molecule has 0 saturated carbocycles. The van der Waals surface area contributed by atoms with Crippen molar-refractivity contribution in [3.8, 4) is 18.2 Å². The molecule has 0 unspecified atom stereocenters. The van der Waals surface area contributed by atoms with E-state index in [9.17, 15) is 15.0 Å². The van der Waals surface area contributed by atoms with Crippen molar-refractivity contribution in [2.24, 2.45) is 0 Å². The van der Waals surface area contributed by atoms with Crippen LogP contribution in [-0.4, -0.2) is 66.2 Å². The van der Waals surface area contributed by atoms with Crippen LogP contribution in [0.3, 0.4) is 0 Å². The molecule has 2 aromatic rings. The molecule has 0 aliphatic rings. The zero-order chi connectivity index (χ0) is 21.2. The summed E-state index contributed by atoms with van der Waals surface area (Å²) >= 11 is 3.29. The zero-order valence-electron chi connectivity index (χ0n) is 15.8. The highest BCUT2D eigenvalue weighted by Crippen LogP contribution is 2.27. The molecule has 0 saturated heterocycles. The highest BCUT2D eigenvalue weighted by Gasteiger charge is 2.14. The van der Waals surface area contributed by atoms with Crippen molar-refractivity contribution in [1.82, 2.24) is 9.97 Å². The summed E-state index contributed by atoms with van der Waals surface area (Å²) in [5.74, 6) is 2.33. The number of ether oxygens (including phenoxy) is 2. The van der Waals surface area contributed by atoms with Gasteiger partial charge in [0, 0.05) is 24.5 Å². The number of halogens is 1. The summed E-state index contributed by atoms with van der Waals surface area (Å²) in [5, 5.41) is 21.6. The Bertz CT molecular complexity index is 881. The summed E-state index contributed by atoms with van der Waals surface area (Å²) in [6, 6.07) is 4.94. The van der Waals surface area contributed by atoms with Gasteiger partial charge in [0.25, 0.3) is 0 Å². The summed E-state index contributed by atoms with van der Waals surface area (Å²) in [7, 11) is 1.29. The number of esters is 1. The van der Waals surface area contributed by atoms with Crippen LogP contribution in [0.1, 0.15) is 10.4 Å². The van der Waals surface area contributed by atoms with Gasteiger partial charge in [0.05, 0.1) is 36.6 Å². The number of methoxy groups -OCH3 is 1. The van der Waals surface area contributed by atoms with Gasteiger partial charge in [0.2, 0.25) is 11.8 Å². The molecule has 1 aromatic carbocycles. The third-order valence-electron chi connectivity index (χ3n) is 3.70. The van der Waals surface area contributed by atoms with Gasteiger partial charge in [0.15, 0.2) is 6.61 Å².